The first-order valence-electron chi connectivity index (χ1n) is 9.33. The molecule has 0 fully saturated rings. The maximum atomic E-state index is 12.6. The van der Waals surface area contributed by atoms with Crippen LogP contribution in [0.25, 0.3) is 11.0 Å². The van der Waals surface area contributed by atoms with Crippen molar-refractivity contribution in [3.8, 4) is 0 Å². The Labute approximate surface area is 165 Å². The second-order valence-electron chi connectivity index (χ2n) is 7.51. The molecule has 5 nitrogen and oxygen atoms in total. The van der Waals surface area contributed by atoms with E-state index in [4.69, 9.17) is 4.42 Å². The van der Waals surface area contributed by atoms with Crippen molar-refractivity contribution in [3.63, 3.8) is 0 Å². The van der Waals surface area contributed by atoms with Crippen LogP contribution in [0.4, 0.5) is 5.69 Å². The Balaban J connectivity index is 1.64. The molecular weight excluding hydrogens is 352 g/mol. The number of nitrogens with zero attached hydrogens (tertiary/aromatic N) is 1. The molecule has 0 aliphatic carbocycles. The Morgan fingerprint density at radius 3 is 2.36 bits per heavy atom. The van der Waals surface area contributed by atoms with E-state index in [0.29, 0.717) is 0 Å². The van der Waals surface area contributed by atoms with Crippen molar-refractivity contribution in [2.45, 2.75) is 34.1 Å². The number of furan rings is 1. The molecule has 1 heterocycles. The number of hydrogen-bond donors (Lipinski definition) is 1. The average Bonchev–Trinajstić information content (AvgIpc) is 2.99. The number of rotatable bonds is 5. The molecule has 0 spiro atoms. The SMILES string of the molecule is Cc1cc(C)c(NC(=O)CN(C)C(=O)Cc2coc3cc(C)ccc23)c(C)c1. The summed E-state index contributed by atoms with van der Waals surface area (Å²) in [5.74, 6) is -0.339. The molecule has 0 saturated carbocycles. The van der Waals surface area contributed by atoms with E-state index in [1.54, 1.807) is 13.3 Å². The number of likely N-dealkylation sites (N-methyl/N-ethyl adjacent to an activating group) is 1. The van der Waals surface area contributed by atoms with Gasteiger partial charge in [0.05, 0.1) is 19.2 Å². The van der Waals surface area contributed by atoms with Gasteiger partial charge in [0, 0.05) is 23.7 Å². The Hall–Kier alpha value is -3.08. The van der Waals surface area contributed by atoms with Crippen LogP contribution in [0, 0.1) is 27.7 Å². The van der Waals surface area contributed by atoms with Crippen LogP contribution < -0.4 is 5.32 Å². The highest BCUT2D eigenvalue weighted by atomic mass is 16.3. The summed E-state index contributed by atoms with van der Waals surface area (Å²) in [7, 11) is 1.64. The predicted molar refractivity (Wildman–Crippen MR) is 112 cm³/mol. The summed E-state index contributed by atoms with van der Waals surface area (Å²) in [6, 6.07) is 9.97. The molecule has 2 amide bonds. The number of anilines is 1. The number of carbonyl (C=O) groups excluding carboxylic acids is 2. The Kier molecular flexibility index (Phi) is 5.54. The van der Waals surface area contributed by atoms with Gasteiger partial charge in [-0.25, -0.2) is 0 Å². The van der Waals surface area contributed by atoms with E-state index < -0.39 is 0 Å². The molecule has 1 N–H and O–H groups in total. The second kappa shape index (κ2) is 7.89. The minimum absolute atomic E-state index is 0.000478. The van der Waals surface area contributed by atoms with Crippen molar-refractivity contribution in [2.24, 2.45) is 0 Å². The van der Waals surface area contributed by atoms with E-state index in [0.717, 1.165) is 44.5 Å². The number of benzene rings is 2. The minimum Gasteiger partial charge on any atom is -0.464 e. The molecule has 1 aromatic heterocycles. The Bertz CT molecular complexity index is 1030. The summed E-state index contributed by atoms with van der Waals surface area (Å²) in [5, 5.41) is 3.87. The topological polar surface area (TPSA) is 62.6 Å². The number of hydrogen-bond acceptors (Lipinski definition) is 3. The highest BCUT2D eigenvalue weighted by molar-refractivity contribution is 5.96. The lowest BCUT2D eigenvalue weighted by molar-refractivity contribution is -0.132. The summed E-state index contributed by atoms with van der Waals surface area (Å²) in [5.41, 5.74) is 6.71. The van der Waals surface area contributed by atoms with Crippen LogP contribution in [-0.4, -0.2) is 30.3 Å². The number of amides is 2. The zero-order valence-corrected chi connectivity index (χ0v) is 17.1. The molecule has 28 heavy (non-hydrogen) atoms. The zero-order chi connectivity index (χ0) is 20.4. The van der Waals surface area contributed by atoms with Gasteiger partial charge in [0.2, 0.25) is 11.8 Å². The van der Waals surface area contributed by atoms with Gasteiger partial charge < -0.3 is 14.6 Å². The number of carbonyl (C=O) groups is 2. The maximum Gasteiger partial charge on any atom is 0.243 e. The van der Waals surface area contributed by atoms with Gasteiger partial charge in [-0.15, -0.1) is 0 Å². The third kappa shape index (κ3) is 4.25. The van der Waals surface area contributed by atoms with Crippen molar-refractivity contribution in [3.05, 3.63) is 64.4 Å². The van der Waals surface area contributed by atoms with Gasteiger partial charge in [0.15, 0.2) is 0 Å². The fourth-order valence-corrected chi connectivity index (χ4v) is 3.48. The first kappa shape index (κ1) is 19.7. The lowest BCUT2D eigenvalue weighted by atomic mass is 10.1. The molecule has 0 radical (unpaired) electrons. The highest BCUT2D eigenvalue weighted by Gasteiger charge is 2.17. The molecule has 3 aromatic rings. The first-order chi connectivity index (χ1) is 13.2. The summed E-state index contributed by atoms with van der Waals surface area (Å²) in [6.45, 7) is 7.96. The van der Waals surface area contributed by atoms with Gasteiger partial charge in [-0.3, -0.25) is 9.59 Å². The molecule has 146 valence electrons. The number of nitrogens with one attached hydrogen (secondary N) is 1. The van der Waals surface area contributed by atoms with Crippen molar-refractivity contribution < 1.29 is 14.0 Å². The smallest absolute Gasteiger partial charge is 0.243 e. The molecule has 0 atom stereocenters. The molecule has 3 rings (SSSR count). The van der Waals surface area contributed by atoms with E-state index in [9.17, 15) is 9.59 Å². The summed E-state index contributed by atoms with van der Waals surface area (Å²) in [6.07, 6.45) is 1.82. The third-order valence-electron chi connectivity index (χ3n) is 4.90. The highest BCUT2D eigenvalue weighted by Crippen LogP contribution is 2.24. The molecule has 0 bridgehead atoms. The van der Waals surface area contributed by atoms with Gasteiger partial charge in [0.1, 0.15) is 5.58 Å². The summed E-state index contributed by atoms with van der Waals surface area (Å²) < 4.78 is 5.56. The van der Waals surface area contributed by atoms with Crippen molar-refractivity contribution in [1.29, 1.82) is 0 Å². The maximum absolute atomic E-state index is 12.6. The van der Waals surface area contributed by atoms with E-state index in [-0.39, 0.29) is 24.8 Å². The van der Waals surface area contributed by atoms with E-state index in [1.165, 1.54) is 4.90 Å². The van der Waals surface area contributed by atoms with Crippen LogP contribution in [0.1, 0.15) is 27.8 Å². The summed E-state index contributed by atoms with van der Waals surface area (Å²) >= 11 is 0. The zero-order valence-electron chi connectivity index (χ0n) is 17.1. The molecule has 0 aliphatic rings. The molecule has 2 aromatic carbocycles. The average molecular weight is 378 g/mol. The van der Waals surface area contributed by atoms with Gasteiger partial charge in [-0.1, -0.05) is 29.8 Å². The molecule has 0 saturated heterocycles. The molecule has 5 heteroatoms. The van der Waals surface area contributed by atoms with Gasteiger partial charge in [0.25, 0.3) is 0 Å². The normalized spacial score (nSPS) is 10.9. The molecule has 0 aliphatic heterocycles. The van der Waals surface area contributed by atoms with Crippen LogP contribution in [0.3, 0.4) is 0 Å². The van der Waals surface area contributed by atoms with Gasteiger partial charge in [-0.05, 0) is 50.5 Å². The predicted octanol–water partition coefficient (Wildman–Crippen LogP) is 4.31. The van der Waals surface area contributed by atoms with Crippen molar-refractivity contribution >= 4 is 28.5 Å². The van der Waals surface area contributed by atoms with Crippen molar-refractivity contribution in [1.82, 2.24) is 4.90 Å². The fourth-order valence-electron chi connectivity index (χ4n) is 3.48. The second-order valence-corrected chi connectivity index (χ2v) is 7.51. The van der Waals surface area contributed by atoms with E-state index >= 15 is 0 Å². The Morgan fingerprint density at radius 1 is 1.00 bits per heavy atom. The minimum atomic E-state index is -0.210. The lowest BCUT2D eigenvalue weighted by Crippen LogP contribution is -2.36. The third-order valence-corrected chi connectivity index (χ3v) is 4.90. The van der Waals surface area contributed by atoms with Gasteiger partial charge >= 0.3 is 0 Å². The quantitative estimate of drug-likeness (QED) is 0.720. The van der Waals surface area contributed by atoms with E-state index in [2.05, 4.69) is 5.32 Å². The monoisotopic (exact) mass is 378 g/mol. The van der Waals surface area contributed by atoms with Crippen LogP contribution in [0.5, 0.6) is 0 Å². The molecular formula is C23H26N2O3. The van der Waals surface area contributed by atoms with E-state index in [1.807, 2.05) is 58.0 Å². The van der Waals surface area contributed by atoms with Gasteiger partial charge in [-0.2, -0.15) is 0 Å². The first-order valence-corrected chi connectivity index (χ1v) is 9.33. The lowest BCUT2D eigenvalue weighted by Gasteiger charge is -2.18. The van der Waals surface area contributed by atoms with Crippen molar-refractivity contribution in [2.75, 3.05) is 18.9 Å². The Morgan fingerprint density at radius 2 is 1.68 bits per heavy atom. The number of aryl methyl sites for hydroxylation is 4. The number of fused-ring (bicyclic) bond motifs is 1. The van der Waals surface area contributed by atoms with Crippen LogP contribution >= 0.6 is 0 Å². The summed E-state index contributed by atoms with van der Waals surface area (Å²) in [4.78, 5) is 26.5. The van der Waals surface area contributed by atoms with Crippen LogP contribution in [0.2, 0.25) is 0 Å². The largest absolute Gasteiger partial charge is 0.464 e. The van der Waals surface area contributed by atoms with Crippen LogP contribution in [-0.2, 0) is 16.0 Å². The fraction of sp³-hybridized carbons (Fsp3) is 0.304. The molecule has 0 unspecified atom stereocenters. The standard InChI is InChI=1S/C23H26N2O3/c1-14-6-7-19-18(13-28-20(19)10-14)11-22(27)25(5)12-21(26)24-23-16(3)8-15(2)9-17(23)4/h6-10,13H,11-12H2,1-5H3,(H,24,26). The van der Waals surface area contributed by atoms with Crippen LogP contribution in [0.15, 0.2) is 41.0 Å².